The molecule has 0 saturated heterocycles. The second-order valence-electron chi connectivity index (χ2n) is 5.17. The molecule has 0 atom stereocenters. The zero-order valence-corrected chi connectivity index (χ0v) is 13.8. The molecule has 0 spiro atoms. The van der Waals surface area contributed by atoms with Crippen molar-refractivity contribution in [2.45, 2.75) is 6.92 Å². The van der Waals surface area contributed by atoms with Gasteiger partial charge in [0.2, 0.25) is 0 Å². The molecule has 3 aromatic rings. The zero-order valence-electron chi connectivity index (χ0n) is 13.8. The standard InChI is InChI=1S/C17H17N5O3/c1-3-18-17(24)22-15-7-5-11-16(21-15)20-12(9-19-11)10-4-6-14(25-2)13(23)8-10/h4-9,23H,3H2,1-2H3,(H2,18,20,21,22,24). The maximum Gasteiger partial charge on any atom is 0.320 e. The van der Waals surface area contributed by atoms with E-state index in [-0.39, 0.29) is 11.8 Å². The second-order valence-corrected chi connectivity index (χ2v) is 5.17. The molecule has 0 aliphatic rings. The summed E-state index contributed by atoms with van der Waals surface area (Å²) in [6.07, 6.45) is 1.60. The van der Waals surface area contributed by atoms with Crippen molar-refractivity contribution in [2.75, 3.05) is 19.0 Å². The summed E-state index contributed by atoms with van der Waals surface area (Å²) in [7, 11) is 1.48. The predicted molar refractivity (Wildman–Crippen MR) is 93.7 cm³/mol. The number of carbonyl (C=O) groups excluding carboxylic acids is 1. The minimum atomic E-state index is -0.335. The number of methoxy groups -OCH3 is 1. The Morgan fingerprint density at radius 2 is 2.08 bits per heavy atom. The highest BCUT2D eigenvalue weighted by Gasteiger charge is 2.09. The van der Waals surface area contributed by atoms with Gasteiger partial charge in [0.1, 0.15) is 11.3 Å². The number of rotatable bonds is 4. The molecule has 128 valence electrons. The molecular formula is C17H17N5O3. The minimum Gasteiger partial charge on any atom is -0.504 e. The summed E-state index contributed by atoms with van der Waals surface area (Å²) in [4.78, 5) is 24.7. The molecule has 0 bridgehead atoms. The van der Waals surface area contributed by atoms with Crippen LogP contribution in [-0.4, -0.2) is 39.7 Å². The van der Waals surface area contributed by atoms with Crippen molar-refractivity contribution in [3.05, 3.63) is 36.5 Å². The lowest BCUT2D eigenvalue weighted by Crippen LogP contribution is -2.28. The molecule has 0 fully saturated rings. The van der Waals surface area contributed by atoms with E-state index in [0.29, 0.717) is 40.5 Å². The smallest absolute Gasteiger partial charge is 0.320 e. The van der Waals surface area contributed by atoms with Crippen LogP contribution in [0.4, 0.5) is 10.6 Å². The lowest BCUT2D eigenvalue weighted by atomic mass is 10.1. The number of pyridine rings is 1. The van der Waals surface area contributed by atoms with Crippen molar-refractivity contribution >= 4 is 23.0 Å². The maximum atomic E-state index is 11.6. The quantitative estimate of drug-likeness (QED) is 0.674. The van der Waals surface area contributed by atoms with Crippen LogP contribution in [0.25, 0.3) is 22.4 Å². The van der Waals surface area contributed by atoms with Crippen molar-refractivity contribution in [3.8, 4) is 22.8 Å². The zero-order chi connectivity index (χ0) is 17.8. The third-order valence-electron chi connectivity index (χ3n) is 3.46. The highest BCUT2D eigenvalue weighted by atomic mass is 16.5. The van der Waals surface area contributed by atoms with Crippen LogP contribution < -0.4 is 15.4 Å². The molecule has 3 rings (SSSR count). The van der Waals surface area contributed by atoms with E-state index in [1.165, 1.54) is 7.11 Å². The molecule has 0 radical (unpaired) electrons. The van der Waals surface area contributed by atoms with E-state index in [0.717, 1.165) is 0 Å². The first kappa shape index (κ1) is 16.4. The van der Waals surface area contributed by atoms with Crippen LogP contribution >= 0.6 is 0 Å². The number of amides is 2. The summed E-state index contributed by atoms with van der Waals surface area (Å²) >= 11 is 0. The number of carbonyl (C=O) groups is 1. The number of urea groups is 1. The van der Waals surface area contributed by atoms with Crippen molar-refractivity contribution in [2.24, 2.45) is 0 Å². The topological polar surface area (TPSA) is 109 Å². The number of phenolic OH excluding ortho intramolecular Hbond substituents is 1. The molecule has 2 amide bonds. The van der Waals surface area contributed by atoms with Crippen molar-refractivity contribution in [1.82, 2.24) is 20.3 Å². The molecule has 8 nitrogen and oxygen atoms in total. The van der Waals surface area contributed by atoms with Crippen molar-refractivity contribution in [1.29, 1.82) is 0 Å². The molecule has 25 heavy (non-hydrogen) atoms. The number of phenols is 1. The maximum absolute atomic E-state index is 11.6. The van der Waals surface area contributed by atoms with Gasteiger partial charge in [-0.1, -0.05) is 0 Å². The van der Waals surface area contributed by atoms with Gasteiger partial charge in [0.05, 0.1) is 19.0 Å². The molecule has 0 aliphatic heterocycles. The number of hydrogen-bond donors (Lipinski definition) is 3. The molecule has 0 saturated carbocycles. The van der Waals surface area contributed by atoms with E-state index in [9.17, 15) is 9.90 Å². The van der Waals surface area contributed by atoms with Gasteiger partial charge in [0.25, 0.3) is 0 Å². The van der Waals surface area contributed by atoms with Crippen LogP contribution in [0.2, 0.25) is 0 Å². The normalized spacial score (nSPS) is 10.5. The summed E-state index contributed by atoms with van der Waals surface area (Å²) in [5.74, 6) is 0.771. The van der Waals surface area contributed by atoms with Crippen LogP contribution in [0.3, 0.4) is 0 Å². The molecule has 2 heterocycles. The SMILES string of the molecule is CCNC(=O)Nc1ccc2ncc(-c3ccc(OC)c(O)c3)nc2n1. The number of aromatic hydroxyl groups is 1. The first-order chi connectivity index (χ1) is 12.1. The Balaban J connectivity index is 1.95. The molecule has 0 unspecified atom stereocenters. The monoisotopic (exact) mass is 339 g/mol. The summed E-state index contributed by atoms with van der Waals surface area (Å²) in [6.45, 7) is 2.35. The average Bonchev–Trinajstić information content (AvgIpc) is 2.61. The van der Waals surface area contributed by atoms with E-state index in [1.807, 2.05) is 6.92 Å². The fourth-order valence-corrected chi connectivity index (χ4v) is 2.28. The second kappa shape index (κ2) is 7.00. The van der Waals surface area contributed by atoms with Crippen LogP contribution in [0.15, 0.2) is 36.5 Å². The van der Waals surface area contributed by atoms with E-state index in [1.54, 1.807) is 36.5 Å². The number of aromatic nitrogens is 3. The summed E-state index contributed by atoms with van der Waals surface area (Å²) in [5.41, 5.74) is 2.22. The van der Waals surface area contributed by atoms with E-state index < -0.39 is 0 Å². The van der Waals surface area contributed by atoms with Gasteiger partial charge < -0.3 is 15.2 Å². The van der Waals surface area contributed by atoms with Gasteiger partial charge in [0, 0.05) is 12.1 Å². The Morgan fingerprint density at radius 3 is 2.80 bits per heavy atom. The minimum absolute atomic E-state index is 0.0153. The van der Waals surface area contributed by atoms with Crippen LogP contribution in [0.1, 0.15) is 6.92 Å². The lowest BCUT2D eigenvalue weighted by molar-refractivity contribution is 0.252. The Hall–Kier alpha value is -3.42. The third-order valence-corrected chi connectivity index (χ3v) is 3.46. The molecule has 0 aliphatic carbocycles. The number of benzene rings is 1. The highest BCUT2D eigenvalue weighted by molar-refractivity contribution is 5.89. The third kappa shape index (κ3) is 3.57. The van der Waals surface area contributed by atoms with Gasteiger partial charge >= 0.3 is 6.03 Å². The Kier molecular flexibility index (Phi) is 4.60. The molecule has 2 aromatic heterocycles. The van der Waals surface area contributed by atoms with Gasteiger partial charge in [0.15, 0.2) is 17.1 Å². The summed E-state index contributed by atoms with van der Waals surface area (Å²) in [5, 5.41) is 15.2. The first-order valence-corrected chi connectivity index (χ1v) is 7.66. The van der Waals surface area contributed by atoms with E-state index >= 15 is 0 Å². The lowest BCUT2D eigenvalue weighted by Gasteiger charge is -2.08. The average molecular weight is 339 g/mol. The fraction of sp³-hybridized carbons (Fsp3) is 0.176. The van der Waals surface area contributed by atoms with Gasteiger partial charge in [-0.3, -0.25) is 10.3 Å². The fourth-order valence-electron chi connectivity index (χ4n) is 2.28. The Labute approximate surface area is 143 Å². The van der Waals surface area contributed by atoms with Crippen LogP contribution in [0.5, 0.6) is 11.5 Å². The number of ether oxygens (including phenoxy) is 1. The number of anilines is 1. The Morgan fingerprint density at radius 1 is 1.24 bits per heavy atom. The molecule has 3 N–H and O–H groups in total. The van der Waals surface area contributed by atoms with Crippen LogP contribution in [-0.2, 0) is 0 Å². The van der Waals surface area contributed by atoms with Crippen molar-refractivity contribution in [3.63, 3.8) is 0 Å². The molecule has 1 aromatic carbocycles. The van der Waals surface area contributed by atoms with Crippen LogP contribution in [0, 0.1) is 0 Å². The van der Waals surface area contributed by atoms with E-state index in [4.69, 9.17) is 4.74 Å². The van der Waals surface area contributed by atoms with Gasteiger partial charge in [-0.15, -0.1) is 0 Å². The van der Waals surface area contributed by atoms with Gasteiger partial charge in [-0.25, -0.2) is 14.8 Å². The predicted octanol–water partition coefficient (Wildman–Crippen LogP) is 2.55. The number of fused-ring (bicyclic) bond motifs is 1. The largest absolute Gasteiger partial charge is 0.504 e. The van der Waals surface area contributed by atoms with Gasteiger partial charge in [-0.05, 0) is 37.3 Å². The number of nitrogens with zero attached hydrogens (tertiary/aromatic N) is 3. The Bertz CT molecular complexity index is 929. The molecule has 8 heteroatoms. The van der Waals surface area contributed by atoms with E-state index in [2.05, 4.69) is 25.6 Å². The number of nitrogens with one attached hydrogen (secondary N) is 2. The highest BCUT2D eigenvalue weighted by Crippen LogP contribution is 2.30. The first-order valence-electron chi connectivity index (χ1n) is 7.66. The van der Waals surface area contributed by atoms with Gasteiger partial charge in [-0.2, -0.15) is 0 Å². The van der Waals surface area contributed by atoms with Crippen molar-refractivity contribution < 1.29 is 14.6 Å². The molecular weight excluding hydrogens is 322 g/mol. The number of hydrogen-bond acceptors (Lipinski definition) is 6. The summed E-state index contributed by atoms with van der Waals surface area (Å²) < 4.78 is 5.03. The summed E-state index contributed by atoms with van der Waals surface area (Å²) in [6, 6.07) is 8.02.